The third-order valence-electron chi connectivity index (χ3n) is 2.09. The van der Waals surface area contributed by atoms with E-state index in [1.54, 1.807) is 0 Å². The number of nitrogens with zero attached hydrogens (tertiary/aromatic N) is 1. The molecule has 0 aliphatic carbocycles. The number of allylic oxidation sites excluding steroid dienone is 5. The van der Waals surface area contributed by atoms with Gasteiger partial charge in [0.1, 0.15) is 0 Å². The van der Waals surface area contributed by atoms with E-state index in [0.29, 0.717) is 6.42 Å². The second-order valence-corrected chi connectivity index (χ2v) is 3.47. The van der Waals surface area contributed by atoms with Crippen LogP contribution in [0.4, 0.5) is 0 Å². The van der Waals surface area contributed by atoms with Crippen LogP contribution >= 0.6 is 0 Å². The molecular weight excluding hydrogens is 182 g/mol. The van der Waals surface area contributed by atoms with Crippen molar-refractivity contribution in [2.24, 2.45) is 0 Å². The van der Waals surface area contributed by atoms with Crippen molar-refractivity contribution in [2.45, 2.75) is 44.9 Å². The monoisotopic (exact) mass is 203 g/mol. The number of rotatable bonds is 9. The summed E-state index contributed by atoms with van der Waals surface area (Å²) in [7, 11) is 0. The van der Waals surface area contributed by atoms with Gasteiger partial charge >= 0.3 is 0 Å². The highest BCUT2D eigenvalue weighted by Crippen LogP contribution is 2.03. The van der Waals surface area contributed by atoms with E-state index in [4.69, 9.17) is 5.26 Å². The van der Waals surface area contributed by atoms with E-state index in [9.17, 15) is 0 Å². The third kappa shape index (κ3) is 12.7. The Balaban J connectivity index is 3.13. The van der Waals surface area contributed by atoms with Gasteiger partial charge in [-0.3, -0.25) is 0 Å². The molecule has 0 aliphatic heterocycles. The van der Waals surface area contributed by atoms with Crippen molar-refractivity contribution in [1.29, 1.82) is 5.26 Å². The average Bonchev–Trinajstić information content (AvgIpc) is 2.26. The lowest BCUT2D eigenvalue weighted by Crippen LogP contribution is -1.73. The highest BCUT2D eigenvalue weighted by atomic mass is 14.2. The standard InChI is InChI=1S/C14H21N/c1-2-3-4-5-6-7-8-9-10-11-12-13-14-15/h2-4,9-10H,1,5-8,11-13H2/b4-3+,10-9+. The van der Waals surface area contributed by atoms with Crippen LogP contribution < -0.4 is 0 Å². The molecule has 0 spiro atoms. The van der Waals surface area contributed by atoms with Crippen LogP contribution in [0.25, 0.3) is 0 Å². The summed E-state index contributed by atoms with van der Waals surface area (Å²) in [5.41, 5.74) is 0. The number of hydrogen-bond acceptors (Lipinski definition) is 1. The Morgan fingerprint density at radius 3 is 2.13 bits per heavy atom. The van der Waals surface area contributed by atoms with Crippen LogP contribution in [-0.4, -0.2) is 0 Å². The first kappa shape index (κ1) is 13.7. The van der Waals surface area contributed by atoms with E-state index in [2.05, 4.69) is 30.9 Å². The third-order valence-corrected chi connectivity index (χ3v) is 2.09. The first-order valence-corrected chi connectivity index (χ1v) is 5.71. The van der Waals surface area contributed by atoms with E-state index in [1.165, 1.54) is 12.8 Å². The Bertz CT molecular complexity index is 230. The topological polar surface area (TPSA) is 23.8 Å². The van der Waals surface area contributed by atoms with Crippen LogP contribution in [0.5, 0.6) is 0 Å². The average molecular weight is 203 g/mol. The van der Waals surface area contributed by atoms with Gasteiger partial charge in [-0.25, -0.2) is 0 Å². The van der Waals surface area contributed by atoms with Crippen molar-refractivity contribution >= 4 is 0 Å². The minimum absolute atomic E-state index is 0.677. The minimum atomic E-state index is 0.677. The first-order chi connectivity index (χ1) is 7.41. The second-order valence-electron chi connectivity index (χ2n) is 3.47. The maximum atomic E-state index is 8.32. The van der Waals surface area contributed by atoms with Crippen LogP contribution in [0.3, 0.4) is 0 Å². The quantitative estimate of drug-likeness (QED) is 0.306. The molecule has 0 saturated heterocycles. The van der Waals surface area contributed by atoms with E-state index in [0.717, 1.165) is 25.7 Å². The molecule has 0 aromatic rings. The Morgan fingerprint density at radius 2 is 1.53 bits per heavy atom. The number of nitriles is 1. The van der Waals surface area contributed by atoms with Crippen LogP contribution in [0.1, 0.15) is 44.9 Å². The SMILES string of the molecule is C=C/C=C/CCCC/C=C/CCCC#N. The van der Waals surface area contributed by atoms with Crippen LogP contribution in [0.15, 0.2) is 37.0 Å². The second kappa shape index (κ2) is 12.7. The molecule has 0 fully saturated rings. The van der Waals surface area contributed by atoms with Gasteiger partial charge in [-0.2, -0.15) is 5.26 Å². The molecule has 0 aromatic carbocycles. The molecule has 1 nitrogen and oxygen atoms in total. The smallest absolute Gasteiger partial charge is 0.0621 e. The molecular formula is C14H21N. The molecule has 0 aliphatic rings. The predicted molar refractivity (Wildman–Crippen MR) is 66.4 cm³/mol. The fraction of sp³-hybridized carbons (Fsp3) is 0.500. The van der Waals surface area contributed by atoms with Gasteiger partial charge in [-0.05, 0) is 38.5 Å². The van der Waals surface area contributed by atoms with Crippen LogP contribution in [0.2, 0.25) is 0 Å². The molecule has 0 heterocycles. The molecule has 0 saturated carbocycles. The zero-order chi connectivity index (χ0) is 11.2. The molecule has 0 amide bonds. The van der Waals surface area contributed by atoms with E-state index in [-0.39, 0.29) is 0 Å². The Labute approximate surface area is 93.8 Å². The van der Waals surface area contributed by atoms with Crippen molar-refractivity contribution in [3.8, 4) is 6.07 Å². The summed E-state index contributed by atoms with van der Waals surface area (Å²) < 4.78 is 0. The molecule has 0 bridgehead atoms. The normalized spacial score (nSPS) is 10.9. The number of unbranched alkanes of at least 4 members (excludes halogenated alkanes) is 5. The molecule has 0 radical (unpaired) electrons. The summed E-state index contributed by atoms with van der Waals surface area (Å²) in [5, 5.41) is 8.32. The maximum absolute atomic E-state index is 8.32. The molecule has 0 aromatic heterocycles. The summed E-state index contributed by atoms with van der Waals surface area (Å²) >= 11 is 0. The summed E-state index contributed by atoms with van der Waals surface area (Å²) in [4.78, 5) is 0. The largest absolute Gasteiger partial charge is 0.198 e. The van der Waals surface area contributed by atoms with E-state index in [1.807, 2.05) is 12.2 Å². The van der Waals surface area contributed by atoms with Gasteiger partial charge in [-0.1, -0.05) is 37.0 Å². The molecule has 0 rings (SSSR count). The lowest BCUT2D eigenvalue weighted by atomic mass is 10.1. The molecule has 0 N–H and O–H groups in total. The van der Waals surface area contributed by atoms with Crippen molar-refractivity contribution in [2.75, 3.05) is 0 Å². The highest BCUT2D eigenvalue weighted by Gasteiger charge is 1.84. The summed E-state index contributed by atoms with van der Waals surface area (Å²) in [6.07, 6.45) is 17.9. The Morgan fingerprint density at radius 1 is 0.933 bits per heavy atom. The summed E-state index contributed by atoms with van der Waals surface area (Å²) in [6.45, 7) is 3.62. The molecule has 1 heteroatoms. The van der Waals surface area contributed by atoms with Gasteiger partial charge in [0.05, 0.1) is 6.07 Å². The summed E-state index contributed by atoms with van der Waals surface area (Å²) in [6, 6.07) is 2.15. The first-order valence-electron chi connectivity index (χ1n) is 5.71. The Kier molecular flexibility index (Phi) is 11.6. The van der Waals surface area contributed by atoms with Gasteiger partial charge in [-0.15, -0.1) is 0 Å². The highest BCUT2D eigenvalue weighted by molar-refractivity contribution is 4.96. The molecule has 15 heavy (non-hydrogen) atoms. The van der Waals surface area contributed by atoms with Crippen molar-refractivity contribution in [1.82, 2.24) is 0 Å². The molecule has 0 unspecified atom stereocenters. The molecule has 0 atom stereocenters. The van der Waals surface area contributed by atoms with Gasteiger partial charge in [0.2, 0.25) is 0 Å². The fourth-order valence-electron chi connectivity index (χ4n) is 1.25. The van der Waals surface area contributed by atoms with E-state index >= 15 is 0 Å². The minimum Gasteiger partial charge on any atom is -0.198 e. The lowest BCUT2D eigenvalue weighted by molar-refractivity contribution is 0.758. The van der Waals surface area contributed by atoms with Gasteiger partial charge in [0.25, 0.3) is 0 Å². The predicted octanol–water partition coefficient (Wildman–Crippen LogP) is 4.54. The summed E-state index contributed by atoms with van der Waals surface area (Å²) in [5.74, 6) is 0. The van der Waals surface area contributed by atoms with Gasteiger partial charge in [0, 0.05) is 6.42 Å². The van der Waals surface area contributed by atoms with Gasteiger partial charge < -0.3 is 0 Å². The zero-order valence-electron chi connectivity index (χ0n) is 9.49. The van der Waals surface area contributed by atoms with E-state index < -0.39 is 0 Å². The lowest BCUT2D eigenvalue weighted by Gasteiger charge is -1.92. The van der Waals surface area contributed by atoms with Crippen molar-refractivity contribution < 1.29 is 0 Å². The fourth-order valence-corrected chi connectivity index (χ4v) is 1.25. The Hall–Kier alpha value is -1.29. The molecule has 82 valence electrons. The van der Waals surface area contributed by atoms with Crippen LogP contribution in [0, 0.1) is 11.3 Å². The van der Waals surface area contributed by atoms with Gasteiger partial charge in [0.15, 0.2) is 0 Å². The number of hydrogen-bond donors (Lipinski definition) is 0. The zero-order valence-corrected chi connectivity index (χ0v) is 9.49. The maximum Gasteiger partial charge on any atom is 0.0621 e. The van der Waals surface area contributed by atoms with Crippen molar-refractivity contribution in [3.05, 3.63) is 37.0 Å². The van der Waals surface area contributed by atoms with Crippen molar-refractivity contribution in [3.63, 3.8) is 0 Å². The van der Waals surface area contributed by atoms with Crippen LogP contribution in [-0.2, 0) is 0 Å².